The Balaban J connectivity index is 1.10. The van der Waals surface area contributed by atoms with E-state index in [1.165, 1.54) is 20.1 Å². The molecule has 3 heterocycles. The molecule has 0 amide bonds. The molecule has 0 aromatic carbocycles. The number of carbonyl (C=O) groups is 3. The second-order valence-electron chi connectivity index (χ2n) is 16.7. The zero-order valence-electron chi connectivity index (χ0n) is 31.7. The minimum atomic E-state index is -1.64. The summed E-state index contributed by atoms with van der Waals surface area (Å²) >= 11 is 0. The number of methoxy groups -OCH3 is 1. The Morgan fingerprint density at radius 1 is 0.944 bits per heavy atom. The lowest BCUT2D eigenvalue weighted by Crippen LogP contribution is -2.64. The van der Waals surface area contributed by atoms with Crippen LogP contribution in [0, 0.1) is 28.6 Å². The van der Waals surface area contributed by atoms with Crippen LogP contribution in [0.5, 0.6) is 0 Å². The van der Waals surface area contributed by atoms with Crippen molar-refractivity contribution in [2.75, 3.05) is 20.3 Å². The molecule has 5 fully saturated rings. The van der Waals surface area contributed by atoms with Crippen LogP contribution in [0.4, 0.5) is 0 Å². The van der Waals surface area contributed by atoms with Crippen LogP contribution < -0.4 is 0 Å². The highest BCUT2D eigenvalue weighted by Crippen LogP contribution is 2.57. The van der Waals surface area contributed by atoms with E-state index in [1.807, 2.05) is 6.92 Å². The first kappa shape index (κ1) is 41.5. The first-order valence-electron chi connectivity index (χ1n) is 19.2. The van der Waals surface area contributed by atoms with Crippen molar-refractivity contribution >= 4 is 17.7 Å². The zero-order chi connectivity index (χ0) is 39.3. The van der Waals surface area contributed by atoms with Gasteiger partial charge < -0.3 is 63.8 Å². The summed E-state index contributed by atoms with van der Waals surface area (Å²) in [5.41, 5.74) is -0.424. The minimum Gasteiger partial charge on any atom is -0.462 e. The first-order chi connectivity index (χ1) is 25.5. The van der Waals surface area contributed by atoms with Crippen LogP contribution in [-0.4, -0.2) is 148 Å². The van der Waals surface area contributed by atoms with E-state index in [9.17, 15) is 45.0 Å². The third-order valence-electron chi connectivity index (χ3n) is 13.6. The van der Waals surface area contributed by atoms with E-state index in [-0.39, 0.29) is 42.2 Å². The van der Waals surface area contributed by atoms with Crippen molar-refractivity contribution in [1.29, 1.82) is 0 Å². The first-order valence-corrected chi connectivity index (χ1v) is 19.2. The van der Waals surface area contributed by atoms with E-state index in [0.29, 0.717) is 50.5 Å². The molecular weight excluding hydrogens is 712 g/mol. The molecule has 3 aliphatic heterocycles. The summed E-state index contributed by atoms with van der Waals surface area (Å²) in [5, 5.41) is 63.3. The number of ketones is 1. The monoisotopic (exact) mass is 770 g/mol. The fraction of sp³-hybridized carbons (Fsp3) is 0.868. The van der Waals surface area contributed by atoms with Crippen LogP contribution >= 0.6 is 0 Å². The molecule has 16 nitrogen and oxygen atoms in total. The van der Waals surface area contributed by atoms with Crippen molar-refractivity contribution in [3.8, 4) is 0 Å². The molecule has 0 aromatic rings. The average molecular weight is 771 g/mol. The van der Waals surface area contributed by atoms with Crippen LogP contribution in [-0.2, 0) is 47.5 Å². The second kappa shape index (κ2) is 16.4. The molecule has 6 rings (SSSR count). The minimum absolute atomic E-state index is 0.0718. The number of aliphatic hydroxyl groups excluding tert-OH is 6. The molecule has 6 N–H and O–H groups in total. The van der Waals surface area contributed by atoms with Crippen LogP contribution in [0.2, 0.25) is 0 Å². The Labute approximate surface area is 315 Å². The lowest BCUT2D eigenvalue weighted by atomic mass is 9.53. The van der Waals surface area contributed by atoms with Gasteiger partial charge in [-0.25, -0.2) is 4.79 Å². The van der Waals surface area contributed by atoms with Crippen LogP contribution in [0.25, 0.3) is 0 Å². The highest BCUT2D eigenvalue weighted by molar-refractivity contribution is 5.85. The molecule has 0 unspecified atom stereocenters. The SMILES string of the molecule is CO[C@@H]1[C@@H](O)[C@H](O[C@H]2CC[C@@]3(C)[C@H](CCC(=O)[C@@H]3CC[C@@]3(C)[C@@H](O)C[C@H](OC(C)=O)[C@@H]3C3=CC(=O)OC3)C2)O[C@H](C)[C@@H]1O[C@@H]1O[C@H](CO)[C@@H](O)[C@H](O)[C@H]1O. The number of Topliss-reactive ketones (excluding diaryl/α,β-unsaturated/α-hetero) is 1. The summed E-state index contributed by atoms with van der Waals surface area (Å²) in [4.78, 5) is 37.7. The molecule has 306 valence electrons. The zero-order valence-corrected chi connectivity index (χ0v) is 31.7. The molecule has 18 atom stereocenters. The molecule has 54 heavy (non-hydrogen) atoms. The van der Waals surface area contributed by atoms with Crippen LogP contribution in [0.3, 0.4) is 0 Å². The van der Waals surface area contributed by atoms with Gasteiger partial charge in [0.2, 0.25) is 0 Å². The highest BCUT2D eigenvalue weighted by atomic mass is 16.7. The maximum atomic E-state index is 13.7. The number of fused-ring (bicyclic) bond motifs is 1. The number of carbonyl (C=O) groups excluding carboxylic acids is 3. The van der Waals surface area contributed by atoms with Gasteiger partial charge in [0.25, 0.3) is 0 Å². The number of aliphatic hydroxyl groups is 6. The normalized spacial score (nSPS) is 48.2. The Bertz CT molecular complexity index is 1400. The molecular formula is C38H58O16. The standard InChI is InChI=1S/C38H58O16/c1-17-33(54-35-31(46)30(45)29(44)25(15-39)53-35)34(48-5)32(47)36(50-17)52-21-8-10-37(3)20(13-21)6-7-23(41)22(37)9-11-38(4)26(42)14-24(51-18(2)40)28(38)19-12-27(43)49-16-19/h12,17,20-22,24-26,28-36,39,42,44-47H,6-11,13-16H2,1-5H3/t17-,20-,21+,22+,24+,25-,26+,28+,29-,30+,31-,32-,33+,34-,35+,36+,37+,38+/m1/s1. The molecule has 0 radical (unpaired) electrons. The summed E-state index contributed by atoms with van der Waals surface area (Å²) in [7, 11) is 1.39. The molecule has 2 saturated heterocycles. The Morgan fingerprint density at radius 3 is 2.31 bits per heavy atom. The van der Waals surface area contributed by atoms with Crippen LogP contribution in [0.15, 0.2) is 11.6 Å². The van der Waals surface area contributed by atoms with Crippen molar-refractivity contribution in [3.63, 3.8) is 0 Å². The van der Waals surface area contributed by atoms with Gasteiger partial charge in [-0.2, -0.15) is 0 Å². The number of esters is 2. The van der Waals surface area contributed by atoms with E-state index in [4.69, 9.17) is 33.2 Å². The summed E-state index contributed by atoms with van der Waals surface area (Å²) in [5.74, 6) is -1.33. The van der Waals surface area contributed by atoms with E-state index < -0.39 is 103 Å². The number of rotatable bonds is 11. The van der Waals surface area contributed by atoms with Gasteiger partial charge >= 0.3 is 11.9 Å². The summed E-state index contributed by atoms with van der Waals surface area (Å²) in [6, 6.07) is 0. The van der Waals surface area contributed by atoms with E-state index in [2.05, 4.69) is 6.92 Å². The predicted molar refractivity (Wildman–Crippen MR) is 184 cm³/mol. The third-order valence-corrected chi connectivity index (χ3v) is 13.6. The molecule has 0 bridgehead atoms. The summed E-state index contributed by atoms with van der Waals surface area (Å²) < 4.78 is 40.5. The van der Waals surface area contributed by atoms with E-state index in [0.717, 1.165) is 0 Å². The van der Waals surface area contributed by atoms with Gasteiger partial charge in [-0.05, 0) is 62.4 Å². The van der Waals surface area contributed by atoms with Gasteiger partial charge in [-0.1, -0.05) is 13.8 Å². The van der Waals surface area contributed by atoms with Gasteiger partial charge in [-0.3, -0.25) is 9.59 Å². The number of cyclic esters (lactones) is 1. The molecule has 0 spiro atoms. The average Bonchev–Trinajstić information content (AvgIpc) is 3.64. The summed E-state index contributed by atoms with van der Waals surface area (Å²) in [6.45, 7) is 6.56. The van der Waals surface area contributed by atoms with Gasteiger partial charge in [0.05, 0.1) is 24.9 Å². The number of ether oxygens (including phenoxy) is 7. The van der Waals surface area contributed by atoms with Crippen LogP contribution in [0.1, 0.15) is 79.1 Å². The second-order valence-corrected chi connectivity index (χ2v) is 16.7. The third kappa shape index (κ3) is 7.78. The lowest BCUT2D eigenvalue weighted by molar-refractivity contribution is -0.361. The van der Waals surface area contributed by atoms with E-state index >= 15 is 0 Å². The maximum Gasteiger partial charge on any atom is 0.331 e. The largest absolute Gasteiger partial charge is 0.462 e. The highest BCUT2D eigenvalue weighted by Gasteiger charge is 2.58. The van der Waals surface area contributed by atoms with Crippen molar-refractivity contribution in [3.05, 3.63) is 11.6 Å². The number of hydrogen-bond acceptors (Lipinski definition) is 16. The van der Waals surface area contributed by atoms with E-state index in [1.54, 1.807) is 6.92 Å². The fourth-order valence-electron chi connectivity index (χ4n) is 10.4. The lowest BCUT2D eigenvalue weighted by Gasteiger charge is -2.53. The maximum absolute atomic E-state index is 13.7. The molecule has 3 saturated carbocycles. The Morgan fingerprint density at radius 2 is 1.67 bits per heavy atom. The van der Waals surface area contributed by atoms with Crippen molar-refractivity contribution in [2.45, 2.75) is 159 Å². The molecule has 16 heteroatoms. The van der Waals surface area contributed by atoms with Gasteiger partial charge in [0.15, 0.2) is 12.6 Å². The Hall–Kier alpha value is -2.09. The van der Waals surface area contributed by atoms with Gasteiger partial charge in [0.1, 0.15) is 61.2 Å². The van der Waals surface area contributed by atoms with Crippen molar-refractivity contribution < 1.29 is 78.2 Å². The predicted octanol–water partition coefficient (Wildman–Crippen LogP) is 0.0451. The Kier molecular flexibility index (Phi) is 12.6. The molecule has 0 aromatic heterocycles. The van der Waals surface area contributed by atoms with Crippen molar-refractivity contribution in [2.24, 2.45) is 28.6 Å². The summed E-state index contributed by atoms with van der Waals surface area (Å²) in [6.07, 6.45) is -8.62. The molecule has 6 aliphatic rings. The van der Waals surface area contributed by atoms with Gasteiger partial charge in [0, 0.05) is 50.2 Å². The van der Waals surface area contributed by atoms with Crippen molar-refractivity contribution in [1.82, 2.24) is 0 Å². The topological polar surface area (TPSA) is 237 Å². The van der Waals surface area contributed by atoms with Gasteiger partial charge in [-0.15, -0.1) is 0 Å². The quantitative estimate of drug-likeness (QED) is 0.120. The fourth-order valence-corrected chi connectivity index (χ4v) is 10.4. The molecule has 3 aliphatic carbocycles. The smallest absolute Gasteiger partial charge is 0.331 e. The number of hydrogen-bond donors (Lipinski definition) is 6.